The quantitative estimate of drug-likeness (QED) is 0.485. The molecule has 0 heterocycles. The van der Waals surface area contributed by atoms with Crippen LogP contribution in [-0.2, 0) is 4.79 Å². The van der Waals surface area contributed by atoms with Crippen molar-refractivity contribution in [2.24, 2.45) is 5.92 Å². The highest BCUT2D eigenvalue weighted by atomic mass is 28.3. The van der Waals surface area contributed by atoms with Gasteiger partial charge in [-0.15, -0.1) is 0 Å². The predicted octanol–water partition coefficient (Wildman–Crippen LogP) is 4.06. The molecule has 2 atom stereocenters. The number of hydrogen-bond acceptors (Lipinski definition) is 2. The van der Waals surface area contributed by atoms with Crippen molar-refractivity contribution in [1.82, 2.24) is 0 Å². The lowest BCUT2D eigenvalue weighted by Gasteiger charge is -2.39. The minimum Gasteiger partial charge on any atom is -0.396 e. The zero-order chi connectivity index (χ0) is 16.9. The van der Waals surface area contributed by atoms with E-state index in [0.29, 0.717) is 23.7 Å². The summed E-state index contributed by atoms with van der Waals surface area (Å²) in [6, 6.07) is 10.8. The van der Waals surface area contributed by atoms with Crippen molar-refractivity contribution in [2.75, 3.05) is 6.61 Å². The van der Waals surface area contributed by atoms with E-state index in [1.54, 1.807) is 0 Å². The number of Topliss-reactive ketones (excluding diaryl/α,β-unsaturated/α-hetero) is 1. The Bertz CT molecular complexity index is 548. The minimum absolute atomic E-state index is 0.238. The lowest BCUT2D eigenvalue weighted by Crippen LogP contribution is -2.49. The van der Waals surface area contributed by atoms with Gasteiger partial charge in [-0.05, 0) is 42.7 Å². The Balaban J connectivity index is 2.28. The minimum atomic E-state index is -1.73. The molecule has 1 aromatic rings. The van der Waals surface area contributed by atoms with Gasteiger partial charge in [0, 0.05) is 13.0 Å². The van der Waals surface area contributed by atoms with Gasteiger partial charge in [-0.25, -0.2) is 0 Å². The normalized spacial score (nSPS) is 24.2. The molecule has 1 aliphatic rings. The number of hydrogen-bond donors (Lipinski definition) is 1. The van der Waals surface area contributed by atoms with Crippen molar-refractivity contribution < 1.29 is 9.90 Å². The SMILES string of the molecule is C[C@H]1CC(=O)/C(=C/CCCCO)[C@H]([Si](C)(C)c2ccccc2)C1. The van der Waals surface area contributed by atoms with E-state index in [4.69, 9.17) is 5.11 Å². The summed E-state index contributed by atoms with van der Waals surface area (Å²) in [5, 5.41) is 10.4. The molecule has 2 rings (SSSR count). The third-order valence-electron chi connectivity index (χ3n) is 5.23. The van der Waals surface area contributed by atoms with Crippen LogP contribution in [0.2, 0.25) is 18.6 Å². The van der Waals surface area contributed by atoms with Crippen LogP contribution < -0.4 is 5.19 Å². The van der Waals surface area contributed by atoms with E-state index in [9.17, 15) is 4.79 Å². The van der Waals surface area contributed by atoms with E-state index in [-0.39, 0.29) is 6.61 Å². The molecule has 0 radical (unpaired) electrons. The number of carbonyl (C=O) groups excluding carboxylic acids is 1. The molecule has 2 nitrogen and oxygen atoms in total. The fourth-order valence-electron chi connectivity index (χ4n) is 3.76. The number of allylic oxidation sites excluding steroid dienone is 2. The zero-order valence-electron chi connectivity index (χ0n) is 14.7. The van der Waals surface area contributed by atoms with E-state index < -0.39 is 8.07 Å². The van der Waals surface area contributed by atoms with Gasteiger partial charge in [0.05, 0.1) is 8.07 Å². The van der Waals surface area contributed by atoms with Gasteiger partial charge in [0.1, 0.15) is 0 Å². The number of aliphatic hydroxyl groups is 1. The van der Waals surface area contributed by atoms with E-state index >= 15 is 0 Å². The Morgan fingerprint density at radius 1 is 1.22 bits per heavy atom. The predicted molar refractivity (Wildman–Crippen MR) is 99.7 cm³/mol. The Morgan fingerprint density at radius 3 is 2.57 bits per heavy atom. The molecule has 126 valence electrons. The summed E-state index contributed by atoms with van der Waals surface area (Å²) < 4.78 is 0. The average Bonchev–Trinajstić information content (AvgIpc) is 2.53. The molecular weight excluding hydrogens is 300 g/mol. The van der Waals surface area contributed by atoms with Crippen molar-refractivity contribution in [2.45, 2.75) is 57.7 Å². The maximum Gasteiger partial charge on any atom is 0.158 e. The van der Waals surface area contributed by atoms with Crippen LogP contribution in [0.4, 0.5) is 0 Å². The van der Waals surface area contributed by atoms with Crippen molar-refractivity contribution in [1.29, 1.82) is 0 Å². The van der Waals surface area contributed by atoms with E-state index in [0.717, 1.165) is 31.3 Å². The third kappa shape index (κ3) is 4.42. The smallest absolute Gasteiger partial charge is 0.158 e. The highest BCUT2D eigenvalue weighted by Gasteiger charge is 2.41. The topological polar surface area (TPSA) is 37.3 Å². The maximum absolute atomic E-state index is 12.7. The van der Waals surface area contributed by atoms with Gasteiger partial charge in [-0.1, -0.05) is 61.6 Å². The van der Waals surface area contributed by atoms with E-state index in [1.807, 2.05) is 0 Å². The summed E-state index contributed by atoms with van der Waals surface area (Å²) in [5.74, 6) is 0.840. The highest BCUT2D eigenvalue weighted by Crippen LogP contribution is 2.42. The number of carbonyl (C=O) groups is 1. The van der Waals surface area contributed by atoms with Crippen molar-refractivity contribution >= 4 is 19.0 Å². The van der Waals surface area contributed by atoms with E-state index in [2.05, 4.69) is 56.4 Å². The molecule has 0 aromatic heterocycles. The lowest BCUT2D eigenvalue weighted by atomic mass is 9.85. The number of unbranched alkanes of at least 4 members (excludes halogenated alkanes) is 2. The zero-order valence-corrected chi connectivity index (χ0v) is 15.7. The van der Waals surface area contributed by atoms with Gasteiger partial charge in [0.25, 0.3) is 0 Å². The number of rotatable bonds is 6. The molecule has 0 unspecified atom stereocenters. The van der Waals surface area contributed by atoms with Crippen LogP contribution in [-0.4, -0.2) is 25.6 Å². The Kier molecular flexibility index (Phi) is 6.37. The van der Waals surface area contributed by atoms with Gasteiger partial charge in [-0.3, -0.25) is 4.79 Å². The van der Waals surface area contributed by atoms with Crippen LogP contribution in [0.3, 0.4) is 0 Å². The van der Waals surface area contributed by atoms with Crippen LogP contribution >= 0.6 is 0 Å². The van der Waals surface area contributed by atoms with Gasteiger partial charge < -0.3 is 5.11 Å². The first kappa shape index (κ1) is 18.1. The summed E-state index contributed by atoms with van der Waals surface area (Å²) in [6.45, 7) is 7.25. The van der Waals surface area contributed by atoms with Gasteiger partial charge >= 0.3 is 0 Å². The lowest BCUT2D eigenvalue weighted by molar-refractivity contribution is -0.117. The molecule has 0 amide bonds. The molecule has 0 bridgehead atoms. The summed E-state index contributed by atoms with van der Waals surface area (Å²) in [4.78, 5) is 12.7. The Hall–Kier alpha value is -1.19. The average molecular weight is 331 g/mol. The van der Waals surface area contributed by atoms with Crippen molar-refractivity contribution in [3.63, 3.8) is 0 Å². The fraction of sp³-hybridized carbons (Fsp3) is 0.550. The molecule has 1 aliphatic carbocycles. The second-order valence-corrected chi connectivity index (χ2v) is 12.2. The molecule has 1 N–H and O–H groups in total. The first-order chi connectivity index (χ1) is 11.0. The maximum atomic E-state index is 12.7. The van der Waals surface area contributed by atoms with Gasteiger partial charge in [0.15, 0.2) is 5.78 Å². The molecule has 0 saturated heterocycles. The van der Waals surface area contributed by atoms with Crippen LogP contribution in [0.5, 0.6) is 0 Å². The van der Waals surface area contributed by atoms with Crippen LogP contribution in [0.1, 0.15) is 39.0 Å². The highest BCUT2D eigenvalue weighted by molar-refractivity contribution is 6.91. The first-order valence-corrected chi connectivity index (χ1v) is 11.9. The number of aliphatic hydroxyl groups excluding tert-OH is 1. The second kappa shape index (κ2) is 8.07. The summed E-state index contributed by atoms with van der Waals surface area (Å²) in [6.07, 6.45) is 6.70. The first-order valence-electron chi connectivity index (χ1n) is 8.86. The molecule has 23 heavy (non-hydrogen) atoms. The molecule has 0 aliphatic heterocycles. The molecule has 3 heteroatoms. The van der Waals surface area contributed by atoms with Crippen LogP contribution in [0.25, 0.3) is 0 Å². The molecule has 1 fully saturated rings. The summed E-state index contributed by atoms with van der Waals surface area (Å²) >= 11 is 0. The Morgan fingerprint density at radius 2 is 1.91 bits per heavy atom. The molecule has 0 spiro atoms. The fourth-order valence-corrected chi connectivity index (χ4v) is 7.27. The number of ketones is 1. The molecule has 1 aromatic carbocycles. The van der Waals surface area contributed by atoms with Gasteiger partial charge in [0.2, 0.25) is 0 Å². The molecule has 1 saturated carbocycles. The van der Waals surface area contributed by atoms with E-state index in [1.165, 1.54) is 5.19 Å². The third-order valence-corrected chi connectivity index (χ3v) is 9.35. The van der Waals surface area contributed by atoms with Crippen molar-refractivity contribution in [3.8, 4) is 0 Å². The molecular formula is C20H30O2Si. The van der Waals surface area contributed by atoms with Crippen molar-refractivity contribution in [3.05, 3.63) is 42.0 Å². The Labute approximate surface area is 141 Å². The standard InChI is InChI=1S/C20H30O2Si/c1-16-14-19(22)18(12-8-5-9-13-21)20(15-16)23(2,3)17-10-6-4-7-11-17/h4,6-7,10-12,16,20-21H,5,8-9,13-15H2,1-3H3/b18-12-/t16-,20+/m0/s1. The van der Waals surface area contributed by atoms with Crippen LogP contribution in [0, 0.1) is 5.92 Å². The summed E-state index contributed by atoms with van der Waals surface area (Å²) in [5.41, 5.74) is 1.50. The largest absolute Gasteiger partial charge is 0.396 e. The summed E-state index contributed by atoms with van der Waals surface area (Å²) in [7, 11) is -1.73. The monoisotopic (exact) mass is 330 g/mol. The van der Waals surface area contributed by atoms with Crippen LogP contribution in [0.15, 0.2) is 42.0 Å². The number of benzene rings is 1. The van der Waals surface area contributed by atoms with Gasteiger partial charge in [-0.2, -0.15) is 0 Å². The second-order valence-electron chi connectivity index (χ2n) is 7.49.